The van der Waals surface area contributed by atoms with Gasteiger partial charge in [0.1, 0.15) is 0 Å². The molecule has 1 atom stereocenters. The smallest absolute Gasteiger partial charge is 0.0795 e. The number of rotatable bonds is 5. The van der Waals surface area contributed by atoms with Crippen LogP contribution in [0.1, 0.15) is 31.1 Å². The van der Waals surface area contributed by atoms with Crippen LogP contribution in [0.25, 0.3) is 0 Å². The Morgan fingerprint density at radius 1 is 1.28 bits per heavy atom. The zero-order chi connectivity index (χ0) is 13.0. The van der Waals surface area contributed by atoms with E-state index >= 15 is 0 Å². The average molecular weight is 281 g/mol. The maximum absolute atomic E-state index is 5.93. The van der Waals surface area contributed by atoms with Gasteiger partial charge in [-0.15, -0.1) is 11.3 Å². The van der Waals surface area contributed by atoms with Gasteiger partial charge < -0.3 is 5.32 Å². The van der Waals surface area contributed by atoms with Crippen LogP contribution in [-0.4, -0.2) is 4.98 Å². The number of halogens is 1. The van der Waals surface area contributed by atoms with Gasteiger partial charge in [-0.3, -0.25) is 0 Å². The van der Waals surface area contributed by atoms with Crippen LogP contribution in [-0.2, 0) is 6.54 Å². The highest BCUT2D eigenvalue weighted by molar-refractivity contribution is 7.07. The van der Waals surface area contributed by atoms with Crippen molar-refractivity contribution in [3.05, 3.63) is 51.4 Å². The lowest BCUT2D eigenvalue weighted by molar-refractivity contribution is 0.409. The number of nitrogens with one attached hydrogen (secondary N) is 1. The highest BCUT2D eigenvalue weighted by Crippen LogP contribution is 2.23. The minimum atomic E-state index is 0.323. The maximum atomic E-state index is 5.93. The Bertz CT molecular complexity index is 465. The summed E-state index contributed by atoms with van der Waals surface area (Å²) in [5, 5.41) is 6.41. The highest BCUT2D eigenvalue weighted by atomic mass is 35.5. The number of aromatic nitrogens is 1. The van der Waals surface area contributed by atoms with E-state index < -0.39 is 0 Å². The molecule has 2 rings (SSSR count). The van der Waals surface area contributed by atoms with Crippen molar-refractivity contribution in [3.63, 3.8) is 0 Å². The normalized spacial score (nSPS) is 12.9. The van der Waals surface area contributed by atoms with Gasteiger partial charge in [0.05, 0.1) is 11.2 Å². The van der Waals surface area contributed by atoms with Crippen LogP contribution in [0.2, 0.25) is 5.02 Å². The summed E-state index contributed by atoms with van der Waals surface area (Å²) in [6.07, 6.45) is 0. The molecule has 0 aliphatic heterocycles. The van der Waals surface area contributed by atoms with Crippen molar-refractivity contribution < 1.29 is 0 Å². The largest absolute Gasteiger partial charge is 0.304 e. The predicted octanol–water partition coefficient (Wildman–Crippen LogP) is 4.28. The molecule has 4 heteroatoms. The standard InChI is InChI=1S/C14H17ClN2S/c1-10(2)14(11-3-5-12(15)6-4-11)16-7-13-8-18-9-17-13/h3-6,8-10,14,16H,7H2,1-2H3. The van der Waals surface area contributed by atoms with E-state index in [-0.39, 0.29) is 0 Å². The monoisotopic (exact) mass is 280 g/mol. The van der Waals surface area contributed by atoms with Gasteiger partial charge in [-0.25, -0.2) is 4.98 Å². The van der Waals surface area contributed by atoms with Crippen LogP contribution in [0, 0.1) is 5.92 Å². The van der Waals surface area contributed by atoms with Crippen molar-refractivity contribution in [3.8, 4) is 0 Å². The molecule has 0 aliphatic rings. The Balaban J connectivity index is 2.06. The Kier molecular flexibility index (Phi) is 4.75. The molecule has 0 amide bonds. The fourth-order valence-corrected chi connectivity index (χ4v) is 2.63. The summed E-state index contributed by atoms with van der Waals surface area (Å²) in [6, 6.07) is 8.37. The first kappa shape index (κ1) is 13.5. The van der Waals surface area contributed by atoms with Gasteiger partial charge in [0.2, 0.25) is 0 Å². The van der Waals surface area contributed by atoms with E-state index in [9.17, 15) is 0 Å². The molecule has 0 saturated heterocycles. The molecule has 0 saturated carbocycles. The van der Waals surface area contributed by atoms with E-state index in [1.54, 1.807) is 11.3 Å². The second-order valence-electron chi connectivity index (χ2n) is 4.63. The SMILES string of the molecule is CC(C)C(NCc1cscn1)c1ccc(Cl)cc1. The van der Waals surface area contributed by atoms with Crippen molar-refractivity contribution in [2.75, 3.05) is 0 Å². The Morgan fingerprint density at radius 3 is 2.56 bits per heavy atom. The summed E-state index contributed by atoms with van der Waals surface area (Å²) in [6.45, 7) is 5.23. The molecule has 0 bridgehead atoms. The number of benzene rings is 1. The zero-order valence-electron chi connectivity index (χ0n) is 10.6. The van der Waals surface area contributed by atoms with Crippen LogP contribution in [0.5, 0.6) is 0 Å². The molecular formula is C14H17ClN2S. The minimum absolute atomic E-state index is 0.323. The van der Waals surface area contributed by atoms with E-state index in [0.29, 0.717) is 12.0 Å². The average Bonchev–Trinajstić information content (AvgIpc) is 2.84. The van der Waals surface area contributed by atoms with E-state index in [2.05, 4.69) is 41.7 Å². The molecule has 1 aromatic carbocycles. The molecule has 18 heavy (non-hydrogen) atoms. The molecule has 1 unspecified atom stereocenters. The lowest BCUT2D eigenvalue weighted by Gasteiger charge is -2.22. The van der Waals surface area contributed by atoms with Crippen molar-refractivity contribution in [2.24, 2.45) is 5.92 Å². The van der Waals surface area contributed by atoms with Gasteiger partial charge in [0, 0.05) is 23.0 Å². The third-order valence-corrected chi connectivity index (χ3v) is 3.77. The van der Waals surface area contributed by atoms with E-state index in [1.165, 1.54) is 5.56 Å². The molecule has 2 nitrogen and oxygen atoms in total. The van der Waals surface area contributed by atoms with Crippen LogP contribution < -0.4 is 5.32 Å². The fraction of sp³-hybridized carbons (Fsp3) is 0.357. The minimum Gasteiger partial charge on any atom is -0.304 e. The molecule has 0 fully saturated rings. The quantitative estimate of drug-likeness (QED) is 0.884. The summed E-state index contributed by atoms with van der Waals surface area (Å²) < 4.78 is 0. The van der Waals surface area contributed by atoms with Gasteiger partial charge in [0.15, 0.2) is 0 Å². The lowest BCUT2D eigenvalue weighted by Crippen LogP contribution is -2.25. The van der Waals surface area contributed by atoms with Crippen LogP contribution in [0.3, 0.4) is 0 Å². The first-order chi connectivity index (χ1) is 8.66. The van der Waals surface area contributed by atoms with Gasteiger partial charge in [-0.2, -0.15) is 0 Å². The molecule has 0 aliphatic carbocycles. The molecular weight excluding hydrogens is 264 g/mol. The molecule has 1 N–H and O–H groups in total. The lowest BCUT2D eigenvalue weighted by atomic mass is 9.96. The number of hydrogen-bond donors (Lipinski definition) is 1. The van der Waals surface area contributed by atoms with Crippen molar-refractivity contribution in [2.45, 2.75) is 26.4 Å². The summed E-state index contributed by atoms with van der Waals surface area (Å²) in [7, 11) is 0. The molecule has 96 valence electrons. The van der Waals surface area contributed by atoms with E-state index in [0.717, 1.165) is 17.3 Å². The molecule has 1 aromatic heterocycles. The van der Waals surface area contributed by atoms with Gasteiger partial charge in [-0.1, -0.05) is 37.6 Å². The van der Waals surface area contributed by atoms with Crippen LogP contribution >= 0.6 is 22.9 Å². The zero-order valence-corrected chi connectivity index (χ0v) is 12.1. The van der Waals surface area contributed by atoms with Crippen molar-refractivity contribution in [1.29, 1.82) is 0 Å². The third kappa shape index (κ3) is 3.55. The van der Waals surface area contributed by atoms with Crippen LogP contribution in [0.15, 0.2) is 35.2 Å². The van der Waals surface area contributed by atoms with Gasteiger partial charge in [-0.05, 0) is 23.6 Å². The predicted molar refractivity (Wildman–Crippen MR) is 78.0 cm³/mol. The molecule has 1 heterocycles. The van der Waals surface area contributed by atoms with Gasteiger partial charge >= 0.3 is 0 Å². The Hall–Kier alpha value is -0.900. The topological polar surface area (TPSA) is 24.9 Å². The molecule has 0 spiro atoms. The summed E-state index contributed by atoms with van der Waals surface area (Å²) in [5.41, 5.74) is 4.23. The molecule has 0 radical (unpaired) electrons. The fourth-order valence-electron chi connectivity index (χ4n) is 1.95. The summed E-state index contributed by atoms with van der Waals surface area (Å²) in [5.74, 6) is 0.518. The van der Waals surface area contributed by atoms with Crippen molar-refractivity contribution >= 4 is 22.9 Å². The number of nitrogens with zero attached hydrogens (tertiary/aromatic N) is 1. The first-order valence-electron chi connectivity index (χ1n) is 6.02. The number of hydrogen-bond acceptors (Lipinski definition) is 3. The second-order valence-corrected chi connectivity index (χ2v) is 5.79. The van der Waals surface area contributed by atoms with Crippen molar-refractivity contribution in [1.82, 2.24) is 10.3 Å². The summed E-state index contributed by atoms with van der Waals surface area (Å²) >= 11 is 7.55. The third-order valence-electron chi connectivity index (χ3n) is 2.88. The Labute approximate surface area is 117 Å². The van der Waals surface area contributed by atoms with E-state index in [4.69, 9.17) is 11.6 Å². The number of thiazole rings is 1. The van der Waals surface area contributed by atoms with Crippen LogP contribution in [0.4, 0.5) is 0 Å². The summed E-state index contributed by atoms with van der Waals surface area (Å²) in [4.78, 5) is 4.29. The van der Waals surface area contributed by atoms with E-state index in [1.807, 2.05) is 17.6 Å². The highest BCUT2D eigenvalue weighted by Gasteiger charge is 2.15. The van der Waals surface area contributed by atoms with Gasteiger partial charge in [0.25, 0.3) is 0 Å². The molecule has 2 aromatic rings. The second kappa shape index (κ2) is 6.32. The maximum Gasteiger partial charge on any atom is 0.0795 e. The first-order valence-corrected chi connectivity index (χ1v) is 7.35. The Morgan fingerprint density at radius 2 is 2.00 bits per heavy atom.